The van der Waals surface area contributed by atoms with Gasteiger partial charge in [-0.25, -0.2) is 0 Å². The van der Waals surface area contributed by atoms with E-state index in [0.717, 1.165) is 77.9 Å². The summed E-state index contributed by atoms with van der Waals surface area (Å²) in [6, 6.07) is 96.3. The lowest BCUT2D eigenvalue weighted by molar-refractivity contribution is 0.404. The molecule has 0 unspecified atom stereocenters. The summed E-state index contributed by atoms with van der Waals surface area (Å²) in [5.74, 6) is 1.16. The van der Waals surface area contributed by atoms with Gasteiger partial charge in [0.25, 0.3) is 0 Å². The molecule has 23 heteroatoms. The van der Waals surface area contributed by atoms with Gasteiger partial charge < -0.3 is 117 Å². The number of rotatable bonds is 20. The van der Waals surface area contributed by atoms with Gasteiger partial charge in [-0.3, -0.25) is 0 Å². The van der Waals surface area contributed by atoms with E-state index < -0.39 is 0 Å². The maximum absolute atomic E-state index is 11.4. The summed E-state index contributed by atoms with van der Waals surface area (Å²) in [5.41, 5.74) is 16.2. The van der Waals surface area contributed by atoms with Crippen LogP contribution in [0.25, 0.3) is 53.9 Å². The molecule has 718 valence electrons. The van der Waals surface area contributed by atoms with Crippen LogP contribution in [0.15, 0.2) is 346 Å². The molecule has 20 aromatic carbocycles. The number of hydrogen-bond donors (Lipinski definition) is 23. The Morgan fingerprint density at radius 3 is 0.846 bits per heavy atom. The molecule has 0 aliphatic rings. The number of aromatic hydroxyl groups is 23. The number of hydrogen-bond acceptors (Lipinski definition) is 23. The van der Waals surface area contributed by atoms with Crippen molar-refractivity contribution in [3.8, 4) is 132 Å². The molecule has 0 saturated carbocycles. The predicted octanol–water partition coefficient (Wildman–Crippen LogP) is 23.3. The van der Waals surface area contributed by atoms with Gasteiger partial charge in [-0.1, -0.05) is 164 Å². The summed E-state index contributed by atoms with van der Waals surface area (Å²) in [6.07, 6.45) is 4.43. The first-order valence-corrected chi connectivity index (χ1v) is 45.5. The molecule has 0 atom stereocenters. The van der Waals surface area contributed by atoms with Crippen molar-refractivity contribution in [2.45, 2.75) is 64.2 Å². The summed E-state index contributed by atoms with van der Waals surface area (Å²) < 4.78 is 0. The monoisotopic (exact) mass is 1910 g/mol. The standard InChI is InChI=1S/C31H26O6.C31H26O5.C24H20O4.2C17H14O4/c32-24-7-1-18(2-8-24)13-22-16-21-17-23(14-19-3-9-25(33)10-4-19)30(36)31(37)28(21)27(29(22)35)15-20-5-11-26(34)12-6-20;32-25-7-1-19(2-8-25)13-22-16-23(14-20-3-9-26(33)10-4-20)30-28(17-22)29(35)18-24(31(30)36)15-21-5-11-27(34)12-6-21;25-19-8-4-15(5-9-19)12-17-2-1-3-21-22(27)14-18(24(28)23(17)21)13-16-6-10-20(26)11-7-16;18-12-4-1-10(2-5-12)7-11-3-6-15(20)17-14(11)8-13(19)9-16(17)21;18-11-6-4-10(5-7-11)8-13-12-2-1-3-14(19)17(12)16(21)9-15(13)20/h1-12,16-17,32-37H,13-15H2;1-12,16-18,32-36H,13-15H2;1-11,14,25-28H,12-13H2;1-6,8-9,18-21H,7H2;1-7,9,18-21H,8H2. The molecule has 143 heavy (non-hydrogen) atoms. The van der Waals surface area contributed by atoms with Crippen LogP contribution in [0.5, 0.6) is 132 Å². The van der Waals surface area contributed by atoms with Gasteiger partial charge in [0.1, 0.15) is 121 Å². The van der Waals surface area contributed by atoms with Crippen molar-refractivity contribution in [3.63, 3.8) is 0 Å². The summed E-state index contributed by atoms with van der Waals surface area (Å²) >= 11 is 0. The highest BCUT2D eigenvalue weighted by molar-refractivity contribution is 6.01. The van der Waals surface area contributed by atoms with Crippen LogP contribution in [-0.4, -0.2) is 117 Å². The lowest BCUT2D eigenvalue weighted by Gasteiger charge is -2.18. The molecule has 20 aromatic rings. The van der Waals surface area contributed by atoms with Crippen LogP contribution in [0.3, 0.4) is 0 Å². The first kappa shape index (κ1) is 97.2. The molecule has 20 rings (SSSR count). The van der Waals surface area contributed by atoms with E-state index in [4.69, 9.17) is 0 Å². The number of benzene rings is 20. The zero-order valence-corrected chi connectivity index (χ0v) is 76.8. The van der Waals surface area contributed by atoms with Gasteiger partial charge in [0.2, 0.25) is 0 Å². The summed E-state index contributed by atoms with van der Waals surface area (Å²) in [7, 11) is 0. The van der Waals surface area contributed by atoms with E-state index in [1.165, 1.54) is 30.3 Å². The molecule has 23 N–H and O–H groups in total. The second-order valence-corrected chi connectivity index (χ2v) is 35.2. The Hall–Kier alpha value is -18.9. The largest absolute Gasteiger partial charge is 0.508 e. The van der Waals surface area contributed by atoms with Crippen molar-refractivity contribution in [1.82, 2.24) is 0 Å². The molecule has 0 radical (unpaired) electrons. The van der Waals surface area contributed by atoms with E-state index in [9.17, 15) is 117 Å². The van der Waals surface area contributed by atoms with Gasteiger partial charge in [0, 0.05) is 105 Å². The van der Waals surface area contributed by atoms with Crippen molar-refractivity contribution >= 4 is 53.9 Å². The third kappa shape index (κ3) is 23.3. The molecule has 0 aromatic heterocycles. The Morgan fingerprint density at radius 1 is 0.126 bits per heavy atom. The average Bonchev–Trinajstić information content (AvgIpc) is 0.767. The van der Waals surface area contributed by atoms with Gasteiger partial charge in [0.15, 0.2) is 11.5 Å². The number of phenolic OH excluding ortho intramolecular Hbond substituents is 23. The molecular weight excluding hydrogens is 1810 g/mol. The predicted molar refractivity (Wildman–Crippen MR) is 551 cm³/mol. The van der Waals surface area contributed by atoms with Crippen LogP contribution in [0.4, 0.5) is 0 Å². The maximum Gasteiger partial charge on any atom is 0.166 e. The Morgan fingerprint density at radius 2 is 0.434 bits per heavy atom. The smallest absolute Gasteiger partial charge is 0.166 e. The van der Waals surface area contributed by atoms with Crippen molar-refractivity contribution in [3.05, 3.63) is 457 Å². The zero-order valence-electron chi connectivity index (χ0n) is 76.8. The number of fused-ring (bicyclic) bond motifs is 5. The molecule has 0 heterocycles. The highest BCUT2D eigenvalue weighted by atomic mass is 16.3. The normalized spacial score (nSPS) is 11.0. The Balaban J connectivity index is 0.000000131. The molecular formula is C120H100O23. The van der Waals surface area contributed by atoms with Crippen molar-refractivity contribution in [1.29, 1.82) is 0 Å². The van der Waals surface area contributed by atoms with E-state index in [2.05, 4.69) is 0 Å². The maximum atomic E-state index is 11.4. The minimum Gasteiger partial charge on any atom is -0.508 e. The molecule has 0 aliphatic carbocycles. The lowest BCUT2D eigenvalue weighted by atomic mass is 9.89. The van der Waals surface area contributed by atoms with Crippen LogP contribution >= 0.6 is 0 Å². The average molecular weight is 1910 g/mol. The fourth-order valence-electron chi connectivity index (χ4n) is 17.8. The highest BCUT2D eigenvalue weighted by Gasteiger charge is 2.25. The summed E-state index contributed by atoms with van der Waals surface area (Å²) in [5, 5.41) is 237. The molecule has 0 saturated heterocycles. The third-order valence-corrected chi connectivity index (χ3v) is 24.9. The topological polar surface area (TPSA) is 465 Å². The Labute approximate surface area is 820 Å². The Bertz CT molecular complexity index is 7970. The van der Waals surface area contributed by atoms with E-state index in [1.54, 1.807) is 255 Å². The van der Waals surface area contributed by atoms with Crippen LogP contribution in [0.1, 0.15) is 111 Å². The second kappa shape index (κ2) is 42.8. The van der Waals surface area contributed by atoms with Crippen LogP contribution < -0.4 is 0 Å². The van der Waals surface area contributed by atoms with Crippen molar-refractivity contribution < 1.29 is 117 Å². The van der Waals surface area contributed by atoms with Crippen LogP contribution in [0, 0.1) is 0 Å². The molecule has 0 fully saturated rings. The highest BCUT2D eigenvalue weighted by Crippen LogP contribution is 2.49. The molecule has 0 amide bonds. The third-order valence-electron chi connectivity index (χ3n) is 24.9. The van der Waals surface area contributed by atoms with Crippen molar-refractivity contribution in [2.75, 3.05) is 0 Å². The van der Waals surface area contributed by atoms with E-state index in [-0.39, 0.29) is 139 Å². The van der Waals surface area contributed by atoms with Gasteiger partial charge in [-0.2, -0.15) is 0 Å². The molecule has 0 aliphatic heterocycles. The minimum atomic E-state index is -0.313. The van der Waals surface area contributed by atoms with Gasteiger partial charge in [-0.05, 0) is 295 Å². The quantitative estimate of drug-likeness (QED) is 0.0249. The molecule has 23 nitrogen and oxygen atoms in total. The van der Waals surface area contributed by atoms with E-state index >= 15 is 0 Å². The first-order valence-electron chi connectivity index (χ1n) is 45.5. The van der Waals surface area contributed by atoms with E-state index in [0.29, 0.717) is 145 Å². The van der Waals surface area contributed by atoms with Crippen LogP contribution in [-0.2, 0) is 64.2 Å². The zero-order chi connectivity index (χ0) is 101. The number of phenols is 23. The second-order valence-electron chi connectivity index (χ2n) is 35.2. The van der Waals surface area contributed by atoms with Crippen LogP contribution in [0.2, 0.25) is 0 Å². The van der Waals surface area contributed by atoms with Gasteiger partial charge >= 0.3 is 0 Å². The lowest BCUT2D eigenvalue weighted by Crippen LogP contribution is -1.99. The summed E-state index contributed by atoms with van der Waals surface area (Å²) in [6.45, 7) is 0. The fraction of sp³-hybridized carbons (Fsp3) is 0.0833. The van der Waals surface area contributed by atoms with E-state index in [1.807, 2.05) is 60.7 Å². The molecule has 0 bridgehead atoms. The van der Waals surface area contributed by atoms with Crippen molar-refractivity contribution in [2.24, 2.45) is 0 Å². The van der Waals surface area contributed by atoms with Gasteiger partial charge in [0.05, 0.1) is 10.8 Å². The Kier molecular flexibility index (Phi) is 29.1. The fourth-order valence-corrected chi connectivity index (χ4v) is 17.8. The SMILES string of the molecule is Oc1ccc(Cc2c(O)cc(O)c3c(O)cccc23)cc1.Oc1ccc(Cc2cc(Cc3ccc(O)cc3)c3c(O)c(Cc4ccc(O)cc4)cc(O)c3c2)cc1.Oc1ccc(Cc2cc(O)c3cccc(Cc4ccc(O)cc4)c3c2O)cc1.Oc1ccc(Cc2cc3cc(Cc4ccc(O)cc4)c(O)c(Cc4ccc(O)cc4)c3c(O)c2O)cc1.Oc1ccc(Cc2ccc(O)c3c(O)cc(O)cc23)cc1. The van der Waals surface area contributed by atoms with Gasteiger partial charge in [-0.15, -0.1) is 0 Å². The minimum absolute atomic E-state index is 0.00892. The molecule has 0 spiro atoms. The summed E-state index contributed by atoms with van der Waals surface area (Å²) in [4.78, 5) is 0. The first-order chi connectivity index (χ1) is 68.7.